The highest BCUT2D eigenvalue weighted by molar-refractivity contribution is 5.68. The molecule has 2 aliphatic rings. The Labute approximate surface area is 160 Å². The molecule has 3 atom stereocenters. The van der Waals surface area contributed by atoms with Crippen molar-refractivity contribution in [1.82, 2.24) is 5.32 Å². The van der Waals surface area contributed by atoms with E-state index >= 15 is 0 Å². The summed E-state index contributed by atoms with van der Waals surface area (Å²) in [5, 5.41) is 25.6. The molecular formula is C20H31N3O4. The van der Waals surface area contributed by atoms with Crippen molar-refractivity contribution >= 4 is 11.8 Å². The van der Waals surface area contributed by atoms with E-state index in [0.717, 1.165) is 46.5 Å². The number of hydrogen-bond acceptors (Lipinski definition) is 5. The fourth-order valence-corrected chi connectivity index (χ4v) is 4.26. The zero-order valence-corrected chi connectivity index (χ0v) is 16.9. The van der Waals surface area contributed by atoms with Crippen molar-refractivity contribution in [2.45, 2.75) is 71.6 Å². The van der Waals surface area contributed by atoms with Crippen molar-refractivity contribution < 1.29 is 19.4 Å². The Morgan fingerprint density at radius 2 is 2.07 bits per heavy atom. The zero-order valence-electron chi connectivity index (χ0n) is 16.9. The second-order valence-corrected chi connectivity index (χ2v) is 8.89. The standard InChI is InChI=1S/C20H31N3O4/c1-12-10-23(26)16-8-6-7-14(16)17(12)22-9-13(2)18(24)15(11-22)21-19(25)27-20(3,4)5/h10,13,15,18,24H,6-9,11H2,1-5H3,(H,21,25)/t13-,15+,18+/m0/s1. The van der Waals surface area contributed by atoms with Gasteiger partial charge in [0.25, 0.3) is 0 Å². The summed E-state index contributed by atoms with van der Waals surface area (Å²) >= 11 is 0. The van der Waals surface area contributed by atoms with Crippen molar-refractivity contribution in [3.8, 4) is 0 Å². The Morgan fingerprint density at radius 1 is 1.37 bits per heavy atom. The minimum absolute atomic E-state index is 0.0188. The Hall–Kier alpha value is -2.02. The molecule has 0 spiro atoms. The maximum absolute atomic E-state index is 12.2. The second-order valence-electron chi connectivity index (χ2n) is 8.89. The lowest BCUT2D eigenvalue weighted by atomic mass is 9.91. The van der Waals surface area contributed by atoms with Gasteiger partial charge in [0.15, 0.2) is 11.9 Å². The van der Waals surface area contributed by atoms with Gasteiger partial charge in [0, 0.05) is 36.6 Å². The number of nitrogens with zero attached hydrogens (tertiary/aromatic N) is 2. The lowest BCUT2D eigenvalue weighted by Gasteiger charge is -2.42. The van der Waals surface area contributed by atoms with E-state index in [-0.39, 0.29) is 5.92 Å². The summed E-state index contributed by atoms with van der Waals surface area (Å²) in [4.78, 5) is 14.4. The molecule has 0 radical (unpaired) electrons. The van der Waals surface area contributed by atoms with Gasteiger partial charge in [-0.25, -0.2) is 4.79 Å². The molecule has 0 bridgehead atoms. The Bertz CT molecular complexity index is 729. The molecule has 1 amide bonds. The summed E-state index contributed by atoms with van der Waals surface area (Å²) in [6, 6.07) is -0.431. The number of hydrogen-bond donors (Lipinski definition) is 2. The molecule has 0 unspecified atom stereocenters. The average Bonchev–Trinajstić information content (AvgIpc) is 2.99. The monoisotopic (exact) mass is 377 g/mol. The smallest absolute Gasteiger partial charge is 0.408 e. The van der Waals surface area contributed by atoms with Gasteiger partial charge in [0.2, 0.25) is 0 Å². The normalized spacial score (nSPS) is 25.3. The van der Waals surface area contributed by atoms with Crippen molar-refractivity contribution in [3.05, 3.63) is 28.2 Å². The number of aryl methyl sites for hydroxylation is 1. The van der Waals surface area contributed by atoms with Crippen molar-refractivity contribution in [2.24, 2.45) is 5.92 Å². The third kappa shape index (κ3) is 4.13. The van der Waals surface area contributed by atoms with Gasteiger partial charge >= 0.3 is 6.09 Å². The van der Waals surface area contributed by atoms with Crippen LogP contribution in [0.15, 0.2) is 6.20 Å². The SMILES string of the molecule is Cc1c[n+]([O-])c2c(c1N1C[C@H](C)[C@@H](O)[C@H](NC(=O)OC(C)(C)C)C1)CCC2. The predicted octanol–water partition coefficient (Wildman–Crippen LogP) is 1.83. The highest BCUT2D eigenvalue weighted by Gasteiger charge is 2.38. The lowest BCUT2D eigenvalue weighted by molar-refractivity contribution is -0.613. The first-order chi connectivity index (χ1) is 12.6. The van der Waals surface area contributed by atoms with Gasteiger partial charge in [-0.2, -0.15) is 4.73 Å². The molecule has 3 rings (SSSR count). The molecule has 150 valence electrons. The number of pyridine rings is 1. The number of aliphatic hydroxyl groups excluding tert-OH is 1. The van der Waals surface area contributed by atoms with Gasteiger partial charge in [-0.3, -0.25) is 0 Å². The number of anilines is 1. The number of aliphatic hydroxyl groups is 1. The third-order valence-corrected chi connectivity index (χ3v) is 5.36. The van der Waals surface area contributed by atoms with Crippen LogP contribution in [0.3, 0.4) is 0 Å². The number of piperidine rings is 1. The van der Waals surface area contributed by atoms with Gasteiger partial charge in [-0.05, 0) is 40.5 Å². The number of nitrogens with one attached hydrogen (secondary N) is 1. The predicted molar refractivity (Wildman–Crippen MR) is 103 cm³/mol. The molecule has 1 aromatic rings. The first kappa shape index (κ1) is 19.7. The Balaban J connectivity index is 1.84. The van der Waals surface area contributed by atoms with E-state index in [1.807, 2.05) is 34.6 Å². The molecule has 0 saturated carbocycles. The largest absolute Gasteiger partial charge is 0.618 e. The summed E-state index contributed by atoms with van der Waals surface area (Å²) in [7, 11) is 0. The number of alkyl carbamates (subject to hydrolysis) is 1. The molecule has 7 heteroatoms. The number of carbonyl (C=O) groups excluding carboxylic acids is 1. The van der Waals surface area contributed by atoms with Crippen LogP contribution in [0, 0.1) is 18.0 Å². The number of carbonyl (C=O) groups is 1. The van der Waals surface area contributed by atoms with Gasteiger partial charge in [0.05, 0.1) is 17.8 Å². The van der Waals surface area contributed by atoms with Crippen LogP contribution in [0.25, 0.3) is 0 Å². The molecule has 0 aromatic carbocycles. The van der Waals surface area contributed by atoms with Crippen molar-refractivity contribution in [1.29, 1.82) is 0 Å². The summed E-state index contributed by atoms with van der Waals surface area (Å²) in [5.41, 5.74) is 3.40. The topological polar surface area (TPSA) is 88.7 Å². The van der Waals surface area contributed by atoms with E-state index < -0.39 is 23.8 Å². The van der Waals surface area contributed by atoms with Crippen molar-refractivity contribution in [3.63, 3.8) is 0 Å². The molecule has 27 heavy (non-hydrogen) atoms. The number of fused-ring (bicyclic) bond motifs is 1. The van der Waals surface area contributed by atoms with Gasteiger partial charge in [0.1, 0.15) is 5.60 Å². The molecule has 1 aliphatic carbocycles. The van der Waals surface area contributed by atoms with Crippen molar-refractivity contribution in [2.75, 3.05) is 18.0 Å². The fraction of sp³-hybridized carbons (Fsp3) is 0.700. The van der Waals surface area contributed by atoms with E-state index in [4.69, 9.17) is 4.74 Å². The number of rotatable bonds is 2. The van der Waals surface area contributed by atoms with Gasteiger partial charge in [-0.1, -0.05) is 6.92 Å². The van der Waals surface area contributed by atoms with Crippen LogP contribution in [-0.2, 0) is 17.6 Å². The van der Waals surface area contributed by atoms with Crippen LogP contribution in [0.5, 0.6) is 0 Å². The summed E-state index contributed by atoms with van der Waals surface area (Å²) < 4.78 is 6.35. The van der Waals surface area contributed by atoms with Crippen LogP contribution in [-0.4, -0.2) is 42.0 Å². The van der Waals surface area contributed by atoms with Gasteiger partial charge in [-0.15, -0.1) is 0 Å². The van der Waals surface area contributed by atoms with Crippen LogP contribution in [0.4, 0.5) is 10.5 Å². The van der Waals surface area contributed by atoms with E-state index in [9.17, 15) is 15.1 Å². The van der Waals surface area contributed by atoms with E-state index in [2.05, 4.69) is 10.2 Å². The van der Waals surface area contributed by atoms with Crippen LogP contribution in [0.1, 0.15) is 50.9 Å². The maximum Gasteiger partial charge on any atom is 0.408 e. The number of aromatic nitrogens is 1. The number of ether oxygens (including phenoxy) is 1. The average molecular weight is 377 g/mol. The molecule has 1 aromatic heterocycles. The summed E-state index contributed by atoms with van der Waals surface area (Å²) in [6.07, 6.45) is 3.16. The fourth-order valence-electron chi connectivity index (χ4n) is 4.26. The quantitative estimate of drug-likeness (QED) is 0.606. The highest BCUT2D eigenvalue weighted by Crippen LogP contribution is 2.34. The van der Waals surface area contributed by atoms with Crippen LogP contribution >= 0.6 is 0 Å². The highest BCUT2D eigenvalue weighted by atomic mass is 16.6. The molecular weight excluding hydrogens is 346 g/mol. The maximum atomic E-state index is 12.2. The minimum Gasteiger partial charge on any atom is -0.618 e. The van der Waals surface area contributed by atoms with E-state index in [1.54, 1.807) is 6.20 Å². The molecule has 2 N–H and O–H groups in total. The molecule has 1 aliphatic heterocycles. The van der Waals surface area contributed by atoms with E-state index in [0.29, 0.717) is 13.1 Å². The van der Waals surface area contributed by atoms with E-state index in [1.165, 1.54) is 0 Å². The molecule has 1 saturated heterocycles. The van der Waals surface area contributed by atoms with Crippen LogP contribution < -0.4 is 14.9 Å². The molecule has 1 fully saturated rings. The Kier molecular flexibility index (Phi) is 5.25. The summed E-state index contributed by atoms with van der Waals surface area (Å²) in [5.74, 6) is -0.0188. The summed E-state index contributed by atoms with van der Waals surface area (Å²) in [6.45, 7) is 10.5. The number of amides is 1. The van der Waals surface area contributed by atoms with Crippen LogP contribution in [0.2, 0.25) is 0 Å². The molecule has 2 heterocycles. The Morgan fingerprint density at radius 3 is 2.74 bits per heavy atom. The first-order valence-corrected chi connectivity index (χ1v) is 9.74. The zero-order chi connectivity index (χ0) is 19.9. The molecule has 7 nitrogen and oxygen atoms in total. The first-order valence-electron chi connectivity index (χ1n) is 9.74. The second kappa shape index (κ2) is 7.19. The third-order valence-electron chi connectivity index (χ3n) is 5.36. The minimum atomic E-state index is -0.643. The van der Waals surface area contributed by atoms with Gasteiger partial charge < -0.3 is 25.3 Å². The lowest BCUT2D eigenvalue weighted by Crippen LogP contribution is -2.59.